The van der Waals surface area contributed by atoms with Crippen LogP contribution in [-0.2, 0) is 11.2 Å². The maximum Gasteiger partial charge on any atom is 0.155 e. The quantitative estimate of drug-likeness (QED) is 0.867. The molecule has 1 aromatic rings. The van der Waals surface area contributed by atoms with Crippen molar-refractivity contribution in [1.82, 2.24) is 10.3 Å². The number of aromatic nitrogens is 1. The highest BCUT2D eigenvalue weighted by Gasteiger charge is 2.27. The van der Waals surface area contributed by atoms with E-state index in [0.29, 0.717) is 12.6 Å². The van der Waals surface area contributed by atoms with Crippen molar-refractivity contribution in [2.75, 3.05) is 6.54 Å². The number of Topliss-reactive ketones (excluding diaryl/α,β-unsaturated/α-hetero) is 1. The van der Waals surface area contributed by atoms with Gasteiger partial charge in [0.25, 0.3) is 0 Å². The van der Waals surface area contributed by atoms with E-state index in [1.807, 2.05) is 6.07 Å². The van der Waals surface area contributed by atoms with Crippen molar-refractivity contribution in [3.8, 4) is 0 Å². The fourth-order valence-corrected chi connectivity index (χ4v) is 2.47. The number of pyridine rings is 1. The van der Waals surface area contributed by atoms with Crippen LogP contribution in [0.1, 0.15) is 50.3 Å². The summed E-state index contributed by atoms with van der Waals surface area (Å²) in [5.41, 5.74) is 2.27. The monoisotopic (exact) mass is 246 g/mol. The summed E-state index contributed by atoms with van der Waals surface area (Å²) < 4.78 is 0. The lowest BCUT2D eigenvalue weighted by molar-refractivity contribution is -0.120. The smallest absolute Gasteiger partial charge is 0.155 e. The summed E-state index contributed by atoms with van der Waals surface area (Å²) in [4.78, 5) is 16.7. The van der Waals surface area contributed by atoms with Gasteiger partial charge in [-0.25, -0.2) is 0 Å². The first-order chi connectivity index (χ1) is 8.72. The largest absolute Gasteiger partial charge is 0.307 e. The molecule has 0 spiro atoms. The Morgan fingerprint density at radius 2 is 2.44 bits per heavy atom. The highest BCUT2D eigenvalue weighted by molar-refractivity contribution is 5.87. The molecule has 0 bridgehead atoms. The zero-order valence-electron chi connectivity index (χ0n) is 11.3. The van der Waals surface area contributed by atoms with E-state index in [1.54, 1.807) is 6.20 Å². The van der Waals surface area contributed by atoms with Gasteiger partial charge >= 0.3 is 0 Å². The molecular weight excluding hydrogens is 224 g/mol. The summed E-state index contributed by atoms with van der Waals surface area (Å²) in [5, 5.41) is 3.28. The second kappa shape index (κ2) is 6.10. The van der Waals surface area contributed by atoms with Crippen molar-refractivity contribution in [2.45, 2.75) is 51.5 Å². The summed E-state index contributed by atoms with van der Waals surface area (Å²) in [6.45, 7) is 4.70. The SMILES string of the molecule is CCC(C)NCC(=O)C1CCCc2cccnc21. The van der Waals surface area contributed by atoms with Crippen LogP contribution in [0.2, 0.25) is 0 Å². The first-order valence-corrected chi connectivity index (χ1v) is 6.92. The van der Waals surface area contributed by atoms with E-state index in [4.69, 9.17) is 0 Å². The van der Waals surface area contributed by atoms with Gasteiger partial charge in [0.1, 0.15) is 0 Å². The molecule has 0 amide bonds. The van der Waals surface area contributed by atoms with E-state index in [2.05, 4.69) is 30.2 Å². The molecule has 0 aromatic carbocycles. The number of fused-ring (bicyclic) bond motifs is 1. The van der Waals surface area contributed by atoms with Gasteiger partial charge < -0.3 is 5.32 Å². The average Bonchev–Trinajstić information content (AvgIpc) is 2.43. The standard InChI is InChI=1S/C15H22N2O/c1-3-11(2)17-10-14(18)13-8-4-6-12-7-5-9-16-15(12)13/h5,7,9,11,13,17H,3-4,6,8,10H2,1-2H3. The van der Waals surface area contributed by atoms with Crippen LogP contribution in [0, 0.1) is 0 Å². The van der Waals surface area contributed by atoms with Gasteiger partial charge in [0.05, 0.1) is 18.2 Å². The first kappa shape index (κ1) is 13.2. The lowest BCUT2D eigenvalue weighted by atomic mass is 9.84. The normalized spacial score (nSPS) is 20.2. The summed E-state index contributed by atoms with van der Waals surface area (Å²) in [5.74, 6) is 0.293. The van der Waals surface area contributed by atoms with Crippen LogP contribution in [0.15, 0.2) is 18.3 Å². The number of carbonyl (C=O) groups excluding carboxylic acids is 1. The third-order valence-electron chi connectivity index (χ3n) is 3.82. The Morgan fingerprint density at radius 1 is 1.61 bits per heavy atom. The maximum atomic E-state index is 12.3. The molecule has 98 valence electrons. The third-order valence-corrected chi connectivity index (χ3v) is 3.82. The van der Waals surface area contributed by atoms with Crippen LogP contribution in [0.25, 0.3) is 0 Å². The van der Waals surface area contributed by atoms with Gasteiger partial charge in [-0.05, 0) is 44.2 Å². The number of nitrogens with zero attached hydrogens (tertiary/aromatic N) is 1. The molecule has 1 aromatic heterocycles. The Balaban J connectivity index is 2.04. The number of ketones is 1. The summed E-state index contributed by atoms with van der Waals surface area (Å²) >= 11 is 0. The number of rotatable bonds is 5. The Hall–Kier alpha value is -1.22. The first-order valence-electron chi connectivity index (χ1n) is 6.92. The second-order valence-corrected chi connectivity index (χ2v) is 5.15. The Bertz CT molecular complexity index is 417. The maximum absolute atomic E-state index is 12.3. The molecule has 2 atom stereocenters. The van der Waals surface area contributed by atoms with Gasteiger partial charge in [0.15, 0.2) is 5.78 Å². The predicted molar refractivity (Wildman–Crippen MR) is 72.7 cm³/mol. The van der Waals surface area contributed by atoms with Crippen LogP contribution >= 0.6 is 0 Å². The van der Waals surface area contributed by atoms with Crippen LogP contribution < -0.4 is 5.32 Å². The Labute approximate surface area is 109 Å². The topological polar surface area (TPSA) is 42.0 Å². The van der Waals surface area contributed by atoms with Crippen LogP contribution in [-0.4, -0.2) is 23.4 Å². The number of nitrogens with one attached hydrogen (secondary N) is 1. The third kappa shape index (κ3) is 2.96. The van der Waals surface area contributed by atoms with E-state index in [1.165, 1.54) is 5.56 Å². The van der Waals surface area contributed by atoms with E-state index in [0.717, 1.165) is 31.4 Å². The molecule has 1 heterocycles. The molecule has 1 N–H and O–H groups in total. The molecule has 1 aliphatic carbocycles. The molecule has 3 nitrogen and oxygen atoms in total. The summed E-state index contributed by atoms with van der Waals surface area (Å²) in [6.07, 6.45) is 5.95. The second-order valence-electron chi connectivity index (χ2n) is 5.15. The summed E-state index contributed by atoms with van der Waals surface area (Å²) in [6, 6.07) is 4.47. The van der Waals surface area contributed by atoms with Gasteiger partial charge in [0, 0.05) is 12.2 Å². The van der Waals surface area contributed by atoms with Gasteiger partial charge in [-0.15, -0.1) is 0 Å². The van der Waals surface area contributed by atoms with Crippen molar-refractivity contribution in [3.05, 3.63) is 29.6 Å². The lowest BCUT2D eigenvalue weighted by Gasteiger charge is -2.23. The molecular formula is C15H22N2O. The van der Waals surface area contributed by atoms with E-state index >= 15 is 0 Å². The van der Waals surface area contributed by atoms with Crippen LogP contribution in [0.5, 0.6) is 0 Å². The highest BCUT2D eigenvalue weighted by atomic mass is 16.1. The van der Waals surface area contributed by atoms with E-state index < -0.39 is 0 Å². The van der Waals surface area contributed by atoms with E-state index in [-0.39, 0.29) is 11.7 Å². The van der Waals surface area contributed by atoms with Gasteiger partial charge in [-0.1, -0.05) is 13.0 Å². The lowest BCUT2D eigenvalue weighted by Crippen LogP contribution is -2.34. The van der Waals surface area contributed by atoms with E-state index in [9.17, 15) is 4.79 Å². The Kier molecular flexibility index (Phi) is 4.48. The highest BCUT2D eigenvalue weighted by Crippen LogP contribution is 2.30. The van der Waals surface area contributed by atoms with Crippen molar-refractivity contribution < 1.29 is 4.79 Å². The predicted octanol–water partition coefficient (Wildman–Crippen LogP) is 2.46. The summed E-state index contributed by atoms with van der Waals surface area (Å²) in [7, 11) is 0. The zero-order chi connectivity index (χ0) is 13.0. The Morgan fingerprint density at radius 3 is 3.22 bits per heavy atom. The van der Waals surface area contributed by atoms with Gasteiger partial charge in [-0.2, -0.15) is 0 Å². The molecule has 2 unspecified atom stereocenters. The molecule has 18 heavy (non-hydrogen) atoms. The molecule has 0 radical (unpaired) electrons. The molecule has 0 fully saturated rings. The molecule has 0 saturated heterocycles. The fraction of sp³-hybridized carbons (Fsp3) is 0.600. The minimum Gasteiger partial charge on any atom is -0.307 e. The zero-order valence-corrected chi connectivity index (χ0v) is 11.3. The minimum absolute atomic E-state index is 0.00602. The number of hydrogen-bond acceptors (Lipinski definition) is 3. The fourth-order valence-electron chi connectivity index (χ4n) is 2.47. The van der Waals surface area contributed by atoms with Crippen LogP contribution in [0.3, 0.4) is 0 Å². The van der Waals surface area contributed by atoms with Crippen molar-refractivity contribution >= 4 is 5.78 Å². The van der Waals surface area contributed by atoms with Crippen molar-refractivity contribution in [3.63, 3.8) is 0 Å². The molecule has 0 saturated carbocycles. The molecule has 2 rings (SSSR count). The van der Waals surface area contributed by atoms with Crippen molar-refractivity contribution in [1.29, 1.82) is 0 Å². The molecule has 0 aliphatic heterocycles. The van der Waals surface area contributed by atoms with Gasteiger partial charge in [0.2, 0.25) is 0 Å². The number of hydrogen-bond donors (Lipinski definition) is 1. The minimum atomic E-state index is 0.00602. The number of aryl methyl sites for hydroxylation is 1. The van der Waals surface area contributed by atoms with Gasteiger partial charge in [-0.3, -0.25) is 9.78 Å². The molecule has 3 heteroatoms. The van der Waals surface area contributed by atoms with Crippen LogP contribution in [0.4, 0.5) is 0 Å². The number of carbonyl (C=O) groups is 1. The molecule has 1 aliphatic rings. The average molecular weight is 246 g/mol. The van der Waals surface area contributed by atoms with Crippen molar-refractivity contribution in [2.24, 2.45) is 0 Å².